The molecule has 1 unspecified atom stereocenters. The van der Waals surface area contributed by atoms with E-state index in [9.17, 15) is 0 Å². The average molecular weight is 223 g/mol. The fourth-order valence-corrected chi connectivity index (χ4v) is 1.67. The second kappa shape index (κ2) is 6.69. The van der Waals surface area contributed by atoms with Crippen LogP contribution in [0.1, 0.15) is 64.6 Å². The minimum Gasteiger partial charge on any atom is -0.310 e. The maximum absolute atomic E-state index is 4.36. The van der Waals surface area contributed by atoms with E-state index in [2.05, 4.69) is 44.3 Å². The highest BCUT2D eigenvalue weighted by molar-refractivity contribution is 5.09. The van der Waals surface area contributed by atoms with Gasteiger partial charge in [-0.2, -0.15) is 5.10 Å². The summed E-state index contributed by atoms with van der Waals surface area (Å²) >= 11 is 0. The lowest BCUT2D eigenvalue weighted by atomic mass is 10.2. The highest BCUT2D eigenvalue weighted by atomic mass is 15.3. The summed E-state index contributed by atoms with van der Waals surface area (Å²) in [7, 11) is 0. The highest BCUT2D eigenvalue weighted by Crippen LogP contribution is 2.13. The summed E-state index contributed by atoms with van der Waals surface area (Å²) < 4.78 is 2.01. The van der Waals surface area contributed by atoms with Crippen LogP contribution in [0.3, 0.4) is 0 Å². The predicted molar refractivity (Wildman–Crippen MR) is 68.6 cm³/mol. The monoisotopic (exact) mass is 223 g/mol. The van der Waals surface area contributed by atoms with Gasteiger partial charge in [0.2, 0.25) is 0 Å². The van der Waals surface area contributed by atoms with Crippen molar-refractivity contribution in [3.63, 3.8) is 0 Å². The van der Waals surface area contributed by atoms with Crippen LogP contribution in [-0.4, -0.2) is 16.3 Å². The molecule has 1 atom stereocenters. The van der Waals surface area contributed by atoms with E-state index in [4.69, 9.17) is 0 Å². The summed E-state index contributed by atoms with van der Waals surface area (Å²) in [5, 5.41) is 7.89. The van der Waals surface area contributed by atoms with Crippen molar-refractivity contribution in [2.24, 2.45) is 0 Å². The van der Waals surface area contributed by atoms with Gasteiger partial charge in [0.1, 0.15) is 0 Å². The first-order valence-electron chi connectivity index (χ1n) is 6.42. The number of nitrogens with zero attached hydrogens (tertiary/aromatic N) is 2. The number of rotatable bonds is 7. The van der Waals surface area contributed by atoms with Gasteiger partial charge in [0.15, 0.2) is 0 Å². The molecule has 3 nitrogen and oxygen atoms in total. The molecule has 0 bridgehead atoms. The number of unbranched alkanes of at least 4 members (excludes halogenated alkanes) is 2. The van der Waals surface area contributed by atoms with Crippen LogP contribution >= 0.6 is 0 Å². The molecule has 0 saturated heterocycles. The number of nitrogens with one attached hydrogen (secondary N) is 1. The summed E-state index contributed by atoms with van der Waals surface area (Å²) in [5.74, 6) is 0. The molecule has 0 aromatic carbocycles. The first-order valence-corrected chi connectivity index (χ1v) is 6.42. The van der Waals surface area contributed by atoms with Crippen molar-refractivity contribution in [2.75, 3.05) is 6.54 Å². The topological polar surface area (TPSA) is 29.9 Å². The third-order valence-corrected chi connectivity index (χ3v) is 2.88. The first kappa shape index (κ1) is 13.2. The minimum atomic E-state index is 0.407. The molecule has 0 aliphatic rings. The van der Waals surface area contributed by atoms with Crippen LogP contribution in [0.4, 0.5) is 0 Å². The SMILES string of the molecule is CCCCCNC(C)c1cnn(C(C)C)c1. The Labute approximate surface area is 99.2 Å². The lowest BCUT2D eigenvalue weighted by Crippen LogP contribution is -2.19. The third-order valence-electron chi connectivity index (χ3n) is 2.88. The minimum absolute atomic E-state index is 0.407. The molecule has 92 valence electrons. The molecule has 0 aliphatic heterocycles. The van der Waals surface area contributed by atoms with E-state index in [1.54, 1.807) is 0 Å². The van der Waals surface area contributed by atoms with Crippen LogP contribution in [0.25, 0.3) is 0 Å². The lowest BCUT2D eigenvalue weighted by molar-refractivity contribution is 0.525. The van der Waals surface area contributed by atoms with Crippen molar-refractivity contribution in [3.8, 4) is 0 Å². The Morgan fingerprint density at radius 3 is 2.62 bits per heavy atom. The summed E-state index contributed by atoms with van der Waals surface area (Å²) in [6.07, 6.45) is 7.96. The standard InChI is InChI=1S/C13H25N3/c1-5-6-7-8-14-12(4)13-9-15-16(10-13)11(2)3/h9-12,14H,5-8H2,1-4H3. The number of hydrogen-bond donors (Lipinski definition) is 1. The first-order chi connectivity index (χ1) is 7.65. The zero-order chi connectivity index (χ0) is 12.0. The zero-order valence-corrected chi connectivity index (χ0v) is 11.0. The molecule has 0 aliphatic carbocycles. The average Bonchev–Trinajstić information content (AvgIpc) is 2.73. The molecule has 0 amide bonds. The Hall–Kier alpha value is -0.830. The summed E-state index contributed by atoms with van der Waals surface area (Å²) in [6, 6.07) is 0.852. The predicted octanol–water partition coefficient (Wildman–Crippen LogP) is 3.30. The summed E-state index contributed by atoms with van der Waals surface area (Å²) in [4.78, 5) is 0. The Morgan fingerprint density at radius 2 is 2.06 bits per heavy atom. The molecule has 1 aromatic heterocycles. The van der Waals surface area contributed by atoms with Crippen molar-refractivity contribution in [1.82, 2.24) is 15.1 Å². The summed E-state index contributed by atoms with van der Waals surface area (Å²) in [6.45, 7) is 9.83. The molecular formula is C13H25N3. The molecule has 1 rings (SSSR count). The molecule has 16 heavy (non-hydrogen) atoms. The Bertz CT molecular complexity index is 291. The van der Waals surface area contributed by atoms with Crippen molar-refractivity contribution in [3.05, 3.63) is 18.0 Å². The molecule has 1 N–H and O–H groups in total. The van der Waals surface area contributed by atoms with Gasteiger partial charge in [0, 0.05) is 23.8 Å². The van der Waals surface area contributed by atoms with Crippen LogP contribution in [0.5, 0.6) is 0 Å². The van der Waals surface area contributed by atoms with Crippen molar-refractivity contribution >= 4 is 0 Å². The van der Waals surface area contributed by atoms with Crippen LogP contribution in [0.15, 0.2) is 12.4 Å². The molecule has 0 fully saturated rings. The van der Waals surface area contributed by atoms with E-state index in [0.717, 1.165) is 6.54 Å². The molecule has 3 heteroatoms. The van der Waals surface area contributed by atoms with Gasteiger partial charge in [0.05, 0.1) is 6.20 Å². The number of hydrogen-bond acceptors (Lipinski definition) is 2. The van der Waals surface area contributed by atoms with Gasteiger partial charge in [-0.3, -0.25) is 4.68 Å². The molecule has 0 radical (unpaired) electrons. The van der Waals surface area contributed by atoms with Gasteiger partial charge in [-0.05, 0) is 33.7 Å². The quantitative estimate of drug-likeness (QED) is 0.719. The van der Waals surface area contributed by atoms with Gasteiger partial charge < -0.3 is 5.32 Å². The van der Waals surface area contributed by atoms with Crippen LogP contribution < -0.4 is 5.32 Å². The fourth-order valence-electron chi connectivity index (χ4n) is 1.67. The molecule has 0 spiro atoms. The largest absolute Gasteiger partial charge is 0.310 e. The fraction of sp³-hybridized carbons (Fsp3) is 0.769. The van der Waals surface area contributed by atoms with Gasteiger partial charge in [0.25, 0.3) is 0 Å². The molecule has 1 aromatic rings. The Balaban J connectivity index is 2.37. The van der Waals surface area contributed by atoms with Crippen LogP contribution in [-0.2, 0) is 0 Å². The smallest absolute Gasteiger partial charge is 0.0537 e. The summed E-state index contributed by atoms with van der Waals surface area (Å²) in [5.41, 5.74) is 1.28. The van der Waals surface area contributed by atoms with Gasteiger partial charge >= 0.3 is 0 Å². The van der Waals surface area contributed by atoms with E-state index in [1.807, 2.05) is 10.9 Å². The Kier molecular flexibility index (Phi) is 5.53. The van der Waals surface area contributed by atoms with E-state index < -0.39 is 0 Å². The molecule has 0 saturated carbocycles. The number of aromatic nitrogens is 2. The van der Waals surface area contributed by atoms with Crippen molar-refractivity contribution < 1.29 is 0 Å². The second-order valence-corrected chi connectivity index (χ2v) is 4.73. The normalized spacial score (nSPS) is 13.3. The maximum Gasteiger partial charge on any atom is 0.0537 e. The van der Waals surface area contributed by atoms with E-state index in [-0.39, 0.29) is 0 Å². The van der Waals surface area contributed by atoms with Gasteiger partial charge in [-0.25, -0.2) is 0 Å². The van der Waals surface area contributed by atoms with Crippen molar-refractivity contribution in [2.45, 2.75) is 59.0 Å². The van der Waals surface area contributed by atoms with E-state index in [0.29, 0.717) is 12.1 Å². The van der Waals surface area contributed by atoms with Crippen LogP contribution in [0, 0.1) is 0 Å². The van der Waals surface area contributed by atoms with Gasteiger partial charge in [-0.1, -0.05) is 19.8 Å². The maximum atomic E-state index is 4.36. The third kappa shape index (κ3) is 3.97. The lowest BCUT2D eigenvalue weighted by Gasteiger charge is -2.11. The Morgan fingerprint density at radius 1 is 1.31 bits per heavy atom. The van der Waals surface area contributed by atoms with Gasteiger partial charge in [-0.15, -0.1) is 0 Å². The van der Waals surface area contributed by atoms with E-state index in [1.165, 1.54) is 24.8 Å². The highest BCUT2D eigenvalue weighted by Gasteiger charge is 2.08. The van der Waals surface area contributed by atoms with Crippen molar-refractivity contribution in [1.29, 1.82) is 0 Å². The second-order valence-electron chi connectivity index (χ2n) is 4.73. The van der Waals surface area contributed by atoms with Crippen LogP contribution in [0.2, 0.25) is 0 Å². The van der Waals surface area contributed by atoms with E-state index >= 15 is 0 Å². The zero-order valence-electron chi connectivity index (χ0n) is 11.0. The molecular weight excluding hydrogens is 198 g/mol. The molecule has 1 heterocycles.